The van der Waals surface area contributed by atoms with Crippen molar-refractivity contribution < 1.29 is 31.8 Å². The summed E-state index contributed by atoms with van der Waals surface area (Å²) in [7, 11) is -2.05. The van der Waals surface area contributed by atoms with Gasteiger partial charge in [0.25, 0.3) is 0 Å². The van der Waals surface area contributed by atoms with Gasteiger partial charge in [0.2, 0.25) is 0 Å². The van der Waals surface area contributed by atoms with E-state index in [1.165, 1.54) is 13.2 Å². The maximum Gasteiger partial charge on any atom is 0.305 e. The average Bonchev–Trinajstić information content (AvgIpc) is 3.51. The van der Waals surface area contributed by atoms with Gasteiger partial charge in [-0.25, -0.2) is 17.2 Å². The van der Waals surface area contributed by atoms with Gasteiger partial charge < -0.3 is 19.6 Å². The molecular formula is C39H53F2N3O5S. The molecule has 2 aromatic rings. The van der Waals surface area contributed by atoms with Crippen LogP contribution in [0.1, 0.15) is 70.3 Å². The summed E-state index contributed by atoms with van der Waals surface area (Å²) >= 11 is 0. The zero-order valence-electron chi connectivity index (χ0n) is 29.5. The summed E-state index contributed by atoms with van der Waals surface area (Å²) in [6.45, 7) is 6.97. The number of carbonyl (C=O) groups is 1. The molecule has 5 fully saturated rings. The highest BCUT2D eigenvalue weighted by molar-refractivity contribution is 7.92. The van der Waals surface area contributed by atoms with Crippen molar-refractivity contribution in [2.24, 2.45) is 17.8 Å². The molecule has 0 aromatic heterocycles. The van der Waals surface area contributed by atoms with Gasteiger partial charge in [0.1, 0.15) is 5.82 Å². The number of piperidine rings is 1. The number of hydrogen-bond donors (Lipinski definition) is 1. The molecule has 8 nitrogen and oxygen atoms in total. The fourth-order valence-corrected chi connectivity index (χ4v) is 12.2. The molecular weight excluding hydrogens is 661 g/mol. The minimum Gasteiger partial charge on any atom is -0.469 e. The van der Waals surface area contributed by atoms with Crippen molar-refractivity contribution in [1.29, 1.82) is 0 Å². The monoisotopic (exact) mass is 713 g/mol. The Labute approximate surface area is 296 Å². The number of likely N-dealkylation sites (tertiary alicyclic amines) is 2. The van der Waals surface area contributed by atoms with Crippen LogP contribution < -0.4 is 4.90 Å². The number of carbonyl (C=O) groups excluding carboxylic acids is 1. The largest absolute Gasteiger partial charge is 0.469 e. The van der Waals surface area contributed by atoms with Gasteiger partial charge >= 0.3 is 5.97 Å². The van der Waals surface area contributed by atoms with E-state index in [9.17, 15) is 22.7 Å². The summed E-state index contributed by atoms with van der Waals surface area (Å²) in [5, 5.41) is 9.45. The fraction of sp³-hybridized carbons (Fsp3) is 0.667. The third-order valence-electron chi connectivity index (χ3n) is 12.8. The highest BCUT2D eigenvalue weighted by atomic mass is 32.2. The Morgan fingerprint density at radius 2 is 1.68 bits per heavy atom. The highest BCUT2D eigenvalue weighted by Crippen LogP contribution is 2.54. The van der Waals surface area contributed by atoms with Crippen LogP contribution in [0.4, 0.5) is 14.5 Å². The van der Waals surface area contributed by atoms with Crippen molar-refractivity contribution in [3.8, 4) is 0 Å². The molecule has 0 spiro atoms. The van der Waals surface area contributed by atoms with Gasteiger partial charge in [-0.2, -0.15) is 0 Å². The Morgan fingerprint density at radius 3 is 2.28 bits per heavy atom. The van der Waals surface area contributed by atoms with Crippen molar-refractivity contribution in [3.05, 3.63) is 59.9 Å². The molecule has 11 heteroatoms. The maximum atomic E-state index is 16.1. The number of halogens is 2. The third kappa shape index (κ3) is 6.96. The number of esters is 1. The lowest BCUT2D eigenvalue weighted by Gasteiger charge is -2.54. The number of hydrogen-bond acceptors (Lipinski definition) is 8. The van der Waals surface area contributed by atoms with E-state index < -0.39 is 26.4 Å². The number of methoxy groups -OCH3 is 1. The van der Waals surface area contributed by atoms with Gasteiger partial charge in [-0.05, 0) is 138 Å². The Morgan fingerprint density at radius 1 is 0.980 bits per heavy atom. The summed E-state index contributed by atoms with van der Waals surface area (Å²) in [6, 6.07) is 13.9. The predicted molar refractivity (Wildman–Crippen MR) is 189 cm³/mol. The van der Waals surface area contributed by atoms with Crippen molar-refractivity contribution >= 4 is 21.5 Å². The summed E-state index contributed by atoms with van der Waals surface area (Å²) in [5.74, 6) is 0.287. The number of rotatable bonds is 12. The predicted octanol–water partition coefficient (Wildman–Crippen LogP) is 5.38. The molecule has 5 aliphatic rings. The van der Waals surface area contributed by atoms with Crippen molar-refractivity contribution in [2.45, 2.75) is 91.5 Å². The zero-order valence-corrected chi connectivity index (χ0v) is 30.4. The van der Waals surface area contributed by atoms with E-state index in [0.717, 1.165) is 82.5 Å². The molecule has 7 rings (SSSR count). The minimum atomic E-state index is -3.50. The van der Waals surface area contributed by atoms with Gasteiger partial charge in [-0.1, -0.05) is 18.6 Å². The van der Waals surface area contributed by atoms with Crippen molar-refractivity contribution in [3.63, 3.8) is 0 Å². The van der Waals surface area contributed by atoms with Gasteiger partial charge in [0.15, 0.2) is 15.5 Å². The summed E-state index contributed by atoms with van der Waals surface area (Å²) in [5.41, 5.74) is -0.734. The van der Waals surface area contributed by atoms with E-state index in [2.05, 4.69) is 15.9 Å². The van der Waals surface area contributed by atoms with Crippen molar-refractivity contribution in [1.82, 2.24) is 9.80 Å². The summed E-state index contributed by atoms with van der Waals surface area (Å²) in [6.07, 6.45) is 6.83. The number of aliphatic hydroxyl groups is 1. The first-order valence-corrected chi connectivity index (χ1v) is 20.1. The van der Waals surface area contributed by atoms with Crippen LogP contribution in [-0.2, 0) is 24.8 Å². The Balaban J connectivity index is 1.02. The molecule has 0 bridgehead atoms. The van der Waals surface area contributed by atoms with Gasteiger partial charge in [-0.15, -0.1) is 0 Å². The van der Waals surface area contributed by atoms with Crippen LogP contribution in [0.2, 0.25) is 0 Å². The molecule has 0 unspecified atom stereocenters. The van der Waals surface area contributed by atoms with Crippen LogP contribution >= 0.6 is 0 Å². The second kappa shape index (κ2) is 13.7. The number of nitrogens with zero attached hydrogens (tertiary/aromatic N) is 3. The molecule has 2 aromatic carbocycles. The number of sulfone groups is 1. The van der Waals surface area contributed by atoms with E-state index in [4.69, 9.17) is 4.74 Å². The first kappa shape index (κ1) is 35.8. The lowest BCUT2D eigenvalue weighted by molar-refractivity contribution is -0.142. The molecule has 3 heterocycles. The lowest BCUT2D eigenvalue weighted by Crippen LogP contribution is -2.64. The van der Waals surface area contributed by atoms with Crippen LogP contribution in [-0.4, -0.2) is 105 Å². The molecule has 50 heavy (non-hydrogen) atoms. The normalized spacial score (nSPS) is 30.2. The standard InChI is InChI=1S/C39H53F2N3O5S/c1-37(46)22-34(23-37)50(47,48)33-12-10-32(11-13-33)44-25-38(41,26-44)24-43-18-14-29(15-19-43)39(27-42-16-5-17-42,30-7-4-8-31(40)21-30)35-9-3-6-28(35)20-36(45)49-2/h4,7-8,10-13,21,28-29,34-35,46H,3,5-6,9,14-20,22-27H2,1-2H3/t28-,34?,35+,37?,39+/m1/s1. The zero-order chi connectivity index (χ0) is 35.3. The van der Waals surface area contributed by atoms with E-state index >= 15 is 4.39 Å². The molecule has 1 N–H and O–H groups in total. The first-order chi connectivity index (χ1) is 23.8. The summed E-state index contributed by atoms with van der Waals surface area (Å²) < 4.78 is 62.2. The summed E-state index contributed by atoms with van der Waals surface area (Å²) in [4.78, 5) is 19.5. The fourth-order valence-electron chi connectivity index (χ4n) is 10.1. The molecule has 3 aliphatic heterocycles. The Hall–Kier alpha value is -2.60. The molecule has 274 valence electrons. The van der Waals surface area contributed by atoms with Gasteiger partial charge in [0.05, 0.1) is 35.9 Å². The number of anilines is 1. The average molecular weight is 714 g/mol. The number of ether oxygens (including phenoxy) is 1. The first-order valence-electron chi connectivity index (χ1n) is 18.6. The van der Waals surface area contributed by atoms with Crippen molar-refractivity contribution in [2.75, 3.05) is 64.4 Å². The molecule has 2 aliphatic carbocycles. The number of alkyl halides is 1. The molecule has 3 saturated heterocycles. The van der Waals surface area contributed by atoms with Crippen LogP contribution in [0.5, 0.6) is 0 Å². The van der Waals surface area contributed by atoms with Gasteiger partial charge in [-0.3, -0.25) is 9.69 Å². The van der Waals surface area contributed by atoms with E-state index in [1.807, 2.05) is 11.0 Å². The van der Waals surface area contributed by atoms with Crippen LogP contribution in [0.25, 0.3) is 0 Å². The topological polar surface area (TPSA) is 90.4 Å². The number of benzene rings is 2. The van der Waals surface area contributed by atoms with E-state index in [-0.39, 0.29) is 65.8 Å². The Kier molecular flexibility index (Phi) is 9.84. The van der Waals surface area contributed by atoms with E-state index in [1.54, 1.807) is 37.3 Å². The van der Waals surface area contributed by atoms with Crippen LogP contribution in [0, 0.1) is 23.6 Å². The lowest BCUT2D eigenvalue weighted by atomic mass is 9.56. The van der Waals surface area contributed by atoms with E-state index in [0.29, 0.717) is 13.0 Å². The molecule has 2 saturated carbocycles. The molecule has 0 radical (unpaired) electrons. The highest BCUT2D eigenvalue weighted by Gasteiger charge is 2.54. The SMILES string of the molecule is COC(=O)C[C@H]1CCC[C@@H]1[C@](CN1CCC1)(c1cccc(F)c1)C1CCN(CC2(F)CN(c3ccc(S(=O)(=O)C4CC(C)(O)C4)cc3)C2)CC1. The second-order valence-electron chi connectivity index (χ2n) is 16.4. The smallest absolute Gasteiger partial charge is 0.305 e. The Bertz CT molecular complexity index is 1630. The minimum absolute atomic E-state index is 0.179. The molecule has 3 atom stereocenters. The quantitative estimate of drug-likeness (QED) is 0.294. The third-order valence-corrected chi connectivity index (χ3v) is 15.0. The second-order valence-corrected chi connectivity index (χ2v) is 18.6. The van der Waals surface area contributed by atoms with Crippen LogP contribution in [0.3, 0.4) is 0 Å². The van der Waals surface area contributed by atoms with Crippen LogP contribution in [0.15, 0.2) is 53.4 Å². The molecule has 0 amide bonds. The van der Waals surface area contributed by atoms with Gasteiger partial charge in [0, 0.05) is 30.6 Å². The maximum absolute atomic E-state index is 16.1.